The van der Waals surface area contributed by atoms with Crippen LogP contribution in [0.1, 0.15) is 33.4 Å². The summed E-state index contributed by atoms with van der Waals surface area (Å²) in [5, 5.41) is 3.05. The third-order valence-electron chi connectivity index (χ3n) is 3.31. The topological polar surface area (TPSA) is 63.1 Å². The lowest BCUT2D eigenvalue weighted by Crippen LogP contribution is -2.35. The van der Waals surface area contributed by atoms with Crippen LogP contribution < -0.4 is 10.0 Å². The molecule has 1 rings (SSSR count). The molecule has 0 saturated carbocycles. The van der Waals surface area contributed by atoms with E-state index in [0.29, 0.717) is 11.4 Å². The van der Waals surface area contributed by atoms with Crippen molar-refractivity contribution < 1.29 is 8.42 Å². The number of hydrogen-bond donors (Lipinski definition) is 2. The zero-order chi connectivity index (χ0) is 14.6. The molecule has 0 saturated heterocycles. The first-order valence-electron chi connectivity index (χ1n) is 6.67. The summed E-state index contributed by atoms with van der Waals surface area (Å²) in [6, 6.07) is 1.65. The van der Waals surface area contributed by atoms with Crippen LogP contribution in [-0.4, -0.2) is 26.1 Å². The van der Waals surface area contributed by atoms with Gasteiger partial charge >= 0.3 is 0 Å². The van der Waals surface area contributed by atoms with E-state index in [-0.39, 0.29) is 12.0 Å². The van der Waals surface area contributed by atoms with Crippen LogP contribution in [0.5, 0.6) is 0 Å². The van der Waals surface area contributed by atoms with E-state index in [4.69, 9.17) is 0 Å². The van der Waals surface area contributed by atoms with E-state index >= 15 is 0 Å². The highest BCUT2D eigenvalue weighted by Crippen LogP contribution is 2.16. The minimum atomic E-state index is -3.43. The Hall–Kier alpha value is -0.850. The van der Waals surface area contributed by atoms with Crippen LogP contribution in [0.3, 0.4) is 0 Å². The van der Waals surface area contributed by atoms with Gasteiger partial charge in [-0.15, -0.1) is 0 Å². The Morgan fingerprint density at radius 3 is 2.42 bits per heavy atom. The van der Waals surface area contributed by atoms with E-state index in [0.717, 1.165) is 12.2 Å². The molecule has 0 spiro atoms. The lowest BCUT2D eigenvalue weighted by Gasteiger charge is -2.16. The Labute approximate surface area is 116 Å². The molecular weight excluding hydrogens is 262 g/mol. The molecule has 1 heterocycles. The minimum absolute atomic E-state index is 0.0808. The first kappa shape index (κ1) is 16.2. The van der Waals surface area contributed by atoms with Gasteiger partial charge in [0.05, 0.1) is 4.90 Å². The summed E-state index contributed by atoms with van der Waals surface area (Å²) in [5.41, 5.74) is 0.975. The Bertz CT molecular complexity index is 506. The second-order valence-electron chi connectivity index (χ2n) is 5.14. The van der Waals surface area contributed by atoms with Gasteiger partial charge in [0, 0.05) is 31.0 Å². The SMILES string of the molecule is CCn1cc(S(=O)(=O)NC(C)C(C)C)cc1CNC. The molecule has 0 fully saturated rings. The predicted molar refractivity (Wildman–Crippen MR) is 77.5 cm³/mol. The largest absolute Gasteiger partial charge is 0.349 e. The third kappa shape index (κ3) is 4.06. The molecule has 0 amide bonds. The van der Waals surface area contributed by atoms with Crippen LogP contribution in [0, 0.1) is 5.92 Å². The van der Waals surface area contributed by atoms with E-state index < -0.39 is 10.0 Å². The van der Waals surface area contributed by atoms with Crippen LogP contribution in [0.25, 0.3) is 0 Å². The molecule has 1 aromatic rings. The Kier molecular flexibility index (Phi) is 5.58. The summed E-state index contributed by atoms with van der Waals surface area (Å²) >= 11 is 0. The summed E-state index contributed by atoms with van der Waals surface area (Å²) in [6.07, 6.45) is 1.70. The van der Waals surface area contributed by atoms with E-state index in [1.54, 1.807) is 12.3 Å². The fourth-order valence-corrected chi connectivity index (χ4v) is 3.20. The summed E-state index contributed by atoms with van der Waals surface area (Å²) in [4.78, 5) is 0.340. The first-order valence-corrected chi connectivity index (χ1v) is 8.16. The molecule has 0 radical (unpaired) electrons. The number of rotatable bonds is 7. The molecule has 110 valence electrons. The number of aromatic nitrogens is 1. The molecule has 1 unspecified atom stereocenters. The number of aryl methyl sites for hydroxylation is 1. The average molecular weight is 287 g/mol. The normalized spacial score (nSPS) is 14.0. The number of hydrogen-bond acceptors (Lipinski definition) is 3. The average Bonchev–Trinajstić information content (AvgIpc) is 2.73. The minimum Gasteiger partial charge on any atom is -0.349 e. The smallest absolute Gasteiger partial charge is 0.242 e. The third-order valence-corrected chi connectivity index (χ3v) is 4.84. The monoisotopic (exact) mass is 287 g/mol. The van der Waals surface area contributed by atoms with Crippen molar-refractivity contribution in [3.05, 3.63) is 18.0 Å². The maximum atomic E-state index is 12.3. The highest BCUT2D eigenvalue weighted by Gasteiger charge is 2.21. The Morgan fingerprint density at radius 2 is 1.95 bits per heavy atom. The van der Waals surface area contributed by atoms with E-state index in [1.807, 2.05) is 39.3 Å². The fourth-order valence-electron chi connectivity index (χ4n) is 1.74. The number of nitrogens with zero attached hydrogens (tertiary/aromatic N) is 1. The Balaban J connectivity index is 3.01. The van der Waals surface area contributed by atoms with Crippen molar-refractivity contribution in [1.82, 2.24) is 14.6 Å². The van der Waals surface area contributed by atoms with Gasteiger partial charge in [0.1, 0.15) is 0 Å². The van der Waals surface area contributed by atoms with E-state index in [2.05, 4.69) is 10.0 Å². The second-order valence-corrected chi connectivity index (χ2v) is 6.85. The van der Waals surface area contributed by atoms with Crippen LogP contribution in [0.15, 0.2) is 17.2 Å². The molecular formula is C13H25N3O2S. The lowest BCUT2D eigenvalue weighted by atomic mass is 10.1. The molecule has 0 aromatic carbocycles. The zero-order valence-electron chi connectivity index (χ0n) is 12.4. The number of nitrogens with one attached hydrogen (secondary N) is 2. The van der Waals surface area contributed by atoms with Crippen LogP contribution in [0.2, 0.25) is 0 Å². The molecule has 5 nitrogen and oxygen atoms in total. The first-order chi connectivity index (χ1) is 8.81. The molecule has 0 aliphatic carbocycles. The molecule has 2 N–H and O–H groups in total. The van der Waals surface area contributed by atoms with Gasteiger partial charge in [-0.1, -0.05) is 13.8 Å². The van der Waals surface area contributed by atoms with Crippen LogP contribution in [-0.2, 0) is 23.1 Å². The zero-order valence-corrected chi connectivity index (χ0v) is 13.2. The van der Waals surface area contributed by atoms with Gasteiger partial charge in [-0.3, -0.25) is 0 Å². The summed E-state index contributed by atoms with van der Waals surface area (Å²) in [5.74, 6) is 0.264. The van der Waals surface area contributed by atoms with Gasteiger partial charge in [0.2, 0.25) is 10.0 Å². The molecule has 1 atom stereocenters. The molecule has 0 aliphatic rings. The van der Waals surface area contributed by atoms with Crippen molar-refractivity contribution in [2.75, 3.05) is 7.05 Å². The highest BCUT2D eigenvalue weighted by molar-refractivity contribution is 7.89. The summed E-state index contributed by atoms with van der Waals surface area (Å²) in [6.45, 7) is 9.29. The van der Waals surface area contributed by atoms with Crippen molar-refractivity contribution in [2.45, 2.75) is 51.7 Å². The number of sulfonamides is 1. The lowest BCUT2D eigenvalue weighted by molar-refractivity contribution is 0.476. The summed E-state index contributed by atoms with van der Waals surface area (Å²) in [7, 11) is -1.59. The van der Waals surface area contributed by atoms with Gasteiger partial charge < -0.3 is 9.88 Å². The van der Waals surface area contributed by atoms with Gasteiger partial charge in [-0.2, -0.15) is 0 Å². The molecule has 19 heavy (non-hydrogen) atoms. The quantitative estimate of drug-likeness (QED) is 0.800. The van der Waals surface area contributed by atoms with E-state index in [1.165, 1.54) is 0 Å². The molecule has 6 heteroatoms. The van der Waals surface area contributed by atoms with Crippen molar-refractivity contribution in [1.29, 1.82) is 0 Å². The van der Waals surface area contributed by atoms with Crippen molar-refractivity contribution >= 4 is 10.0 Å². The maximum Gasteiger partial charge on any atom is 0.242 e. The van der Waals surface area contributed by atoms with E-state index in [9.17, 15) is 8.42 Å². The van der Waals surface area contributed by atoms with Crippen LogP contribution >= 0.6 is 0 Å². The molecule has 0 aliphatic heterocycles. The van der Waals surface area contributed by atoms with Crippen molar-refractivity contribution in [3.63, 3.8) is 0 Å². The van der Waals surface area contributed by atoms with Gasteiger partial charge in [-0.05, 0) is 32.9 Å². The molecule has 0 bridgehead atoms. The van der Waals surface area contributed by atoms with Gasteiger partial charge in [-0.25, -0.2) is 13.1 Å². The second kappa shape index (κ2) is 6.54. The van der Waals surface area contributed by atoms with Gasteiger partial charge in [0.15, 0.2) is 0 Å². The van der Waals surface area contributed by atoms with Crippen molar-refractivity contribution in [2.24, 2.45) is 5.92 Å². The van der Waals surface area contributed by atoms with Crippen LogP contribution in [0.4, 0.5) is 0 Å². The highest BCUT2D eigenvalue weighted by atomic mass is 32.2. The predicted octanol–water partition coefficient (Wildman–Crippen LogP) is 1.55. The summed E-state index contributed by atoms with van der Waals surface area (Å²) < 4.78 is 29.2. The Morgan fingerprint density at radius 1 is 1.32 bits per heavy atom. The molecule has 1 aromatic heterocycles. The standard InChI is InChI=1S/C13H25N3O2S/c1-6-16-9-13(7-12(16)8-14-5)19(17,18)15-11(4)10(2)3/h7,9-11,14-15H,6,8H2,1-5H3. The maximum absolute atomic E-state index is 12.3. The van der Waals surface area contributed by atoms with Gasteiger partial charge in [0.25, 0.3) is 0 Å². The van der Waals surface area contributed by atoms with Crippen molar-refractivity contribution in [3.8, 4) is 0 Å². The fraction of sp³-hybridized carbons (Fsp3) is 0.692.